The predicted octanol–water partition coefficient (Wildman–Crippen LogP) is 4.85. The molecule has 0 aliphatic heterocycles. The number of hydrogen-bond acceptors (Lipinski definition) is 4. The van der Waals surface area contributed by atoms with Crippen LogP contribution < -0.4 is 0 Å². The lowest BCUT2D eigenvalue weighted by atomic mass is 10.1. The fourth-order valence-corrected chi connectivity index (χ4v) is 3.75. The summed E-state index contributed by atoms with van der Waals surface area (Å²) in [7, 11) is 0. The third-order valence-corrected chi connectivity index (χ3v) is 5.24. The van der Waals surface area contributed by atoms with Crippen molar-refractivity contribution in [2.75, 3.05) is 0 Å². The normalized spacial score (nSPS) is 10.9. The monoisotopic (exact) mass is 372 g/mol. The Morgan fingerprint density at radius 3 is 2.37 bits per heavy atom. The lowest BCUT2D eigenvalue weighted by molar-refractivity contribution is 0.847. The minimum atomic E-state index is 0.742. The van der Waals surface area contributed by atoms with Crippen LogP contribution in [0.2, 0.25) is 0 Å². The first-order chi connectivity index (χ1) is 13.3. The molecule has 4 aromatic rings. The summed E-state index contributed by atoms with van der Waals surface area (Å²) in [6.07, 6.45) is 2.56. The summed E-state index contributed by atoms with van der Waals surface area (Å²) in [5.74, 6) is 1.70. The molecule has 27 heavy (non-hydrogen) atoms. The van der Waals surface area contributed by atoms with Gasteiger partial charge in [-0.05, 0) is 36.8 Å². The Morgan fingerprint density at radius 1 is 0.852 bits per heavy atom. The van der Waals surface area contributed by atoms with Gasteiger partial charge in [-0.3, -0.25) is 9.55 Å². The smallest absolute Gasteiger partial charge is 0.196 e. The SMILES string of the molecule is Cc1ccc(-n2c(Cc3ccccc3)nnc2SCc2ccccn2)cc1. The summed E-state index contributed by atoms with van der Waals surface area (Å²) in [6, 6.07) is 24.8. The van der Waals surface area contributed by atoms with Gasteiger partial charge < -0.3 is 0 Å². The molecule has 0 N–H and O–H groups in total. The van der Waals surface area contributed by atoms with Gasteiger partial charge in [0.25, 0.3) is 0 Å². The number of pyridine rings is 1. The maximum atomic E-state index is 4.49. The van der Waals surface area contributed by atoms with Gasteiger partial charge in [0.1, 0.15) is 5.82 Å². The Balaban J connectivity index is 1.66. The van der Waals surface area contributed by atoms with Crippen molar-refractivity contribution in [2.24, 2.45) is 0 Å². The Labute approximate surface area is 163 Å². The Hall–Kier alpha value is -2.92. The summed E-state index contributed by atoms with van der Waals surface area (Å²) >= 11 is 1.66. The zero-order valence-corrected chi connectivity index (χ0v) is 15.9. The number of hydrogen-bond donors (Lipinski definition) is 0. The Morgan fingerprint density at radius 2 is 1.63 bits per heavy atom. The minimum absolute atomic E-state index is 0.742. The van der Waals surface area contributed by atoms with Crippen molar-refractivity contribution in [1.29, 1.82) is 0 Å². The molecule has 134 valence electrons. The number of benzene rings is 2. The third kappa shape index (κ3) is 4.26. The van der Waals surface area contributed by atoms with Crippen molar-refractivity contribution in [2.45, 2.75) is 24.3 Å². The van der Waals surface area contributed by atoms with E-state index in [0.717, 1.165) is 34.5 Å². The molecule has 5 heteroatoms. The predicted molar refractivity (Wildman–Crippen MR) is 109 cm³/mol. The molecule has 2 aromatic carbocycles. The molecule has 0 spiro atoms. The maximum absolute atomic E-state index is 4.49. The van der Waals surface area contributed by atoms with Crippen LogP contribution >= 0.6 is 11.8 Å². The lowest BCUT2D eigenvalue weighted by Crippen LogP contribution is -2.04. The first-order valence-electron chi connectivity index (χ1n) is 8.87. The molecule has 0 aliphatic rings. The molecule has 0 unspecified atom stereocenters. The van der Waals surface area contributed by atoms with Crippen LogP contribution in [0.5, 0.6) is 0 Å². The van der Waals surface area contributed by atoms with E-state index in [-0.39, 0.29) is 0 Å². The second-order valence-electron chi connectivity index (χ2n) is 6.34. The van der Waals surface area contributed by atoms with Crippen molar-refractivity contribution in [3.05, 3.63) is 102 Å². The minimum Gasteiger partial charge on any atom is -0.274 e. The van der Waals surface area contributed by atoms with Crippen LogP contribution in [0.4, 0.5) is 0 Å². The molecule has 0 aliphatic carbocycles. The van der Waals surface area contributed by atoms with Gasteiger partial charge in [0, 0.05) is 24.1 Å². The van der Waals surface area contributed by atoms with E-state index in [0.29, 0.717) is 0 Å². The van der Waals surface area contributed by atoms with E-state index in [2.05, 4.69) is 75.2 Å². The zero-order valence-electron chi connectivity index (χ0n) is 15.1. The van der Waals surface area contributed by atoms with Crippen molar-refractivity contribution < 1.29 is 0 Å². The van der Waals surface area contributed by atoms with E-state index >= 15 is 0 Å². The quantitative estimate of drug-likeness (QED) is 0.454. The fourth-order valence-electron chi connectivity index (χ4n) is 2.86. The van der Waals surface area contributed by atoms with Crippen LogP contribution in [0.1, 0.15) is 22.6 Å². The molecule has 2 heterocycles. The van der Waals surface area contributed by atoms with Crippen LogP contribution in [-0.4, -0.2) is 19.7 Å². The lowest BCUT2D eigenvalue weighted by Gasteiger charge is -2.11. The Kier molecular flexibility index (Phi) is 5.30. The summed E-state index contributed by atoms with van der Waals surface area (Å²) in [6.45, 7) is 2.09. The van der Waals surface area contributed by atoms with Gasteiger partial charge in [-0.1, -0.05) is 65.9 Å². The number of aromatic nitrogens is 4. The molecule has 0 saturated carbocycles. The number of nitrogens with zero attached hydrogens (tertiary/aromatic N) is 4. The summed E-state index contributed by atoms with van der Waals surface area (Å²) in [5.41, 5.74) is 4.57. The molecule has 4 nitrogen and oxygen atoms in total. The van der Waals surface area contributed by atoms with Crippen molar-refractivity contribution in [3.63, 3.8) is 0 Å². The molecule has 0 amide bonds. The molecule has 0 radical (unpaired) electrons. The van der Waals surface area contributed by atoms with Gasteiger partial charge in [0.2, 0.25) is 0 Å². The highest BCUT2D eigenvalue weighted by molar-refractivity contribution is 7.98. The van der Waals surface area contributed by atoms with Crippen LogP contribution in [0.3, 0.4) is 0 Å². The topological polar surface area (TPSA) is 43.6 Å². The van der Waals surface area contributed by atoms with E-state index < -0.39 is 0 Å². The van der Waals surface area contributed by atoms with E-state index in [1.165, 1.54) is 11.1 Å². The fraction of sp³-hybridized carbons (Fsp3) is 0.136. The maximum Gasteiger partial charge on any atom is 0.196 e. The van der Waals surface area contributed by atoms with Crippen LogP contribution in [0.15, 0.2) is 84.1 Å². The molecule has 2 aromatic heterocycles. The van der Waals surface area contributed by atoms with Crippen LogP contribution in [0, 0.1) is 6.92 Å². The van der Waals surface area contributed by atoms with Gasteiger partial charge in [-0.15, -0.1) is 10.2 Å². The average molecular weight is 372 g/mol. The zero-order chi connectivity index (χ0) is 18.5. The van der Waals surface area contributed by atoms with Crippen molar-refractivity contribution >= 4 is 11.8 Å². The molecular formula is C22H20N4S. The van der Waals surface area contributed by atoms with E-state index in [9.17, 15) is 0 Å². The molecule has 0 bridgehead atoms. The summed E-state index contributed by atoms with van der Waals surface area (Å²) in [5, 5.41) is 9.85. The molecular weight excluding hydrogens is 352 g/mol. The molecule has 4 rings (SSSR count). The van der Waals surface area contributed by atoms with Crippen molar-refractivity contribution in [3.8, 4) is 5.69 Å². The van der Waals surface area contributed by atoms with Gasteiger partial charge >= 0.3 is 0 Å². The van der Waals surface area contributed by atoms with E-state index in [1.807, 2.05) is 30.5 Å². The highest BCUT2D eigenvalue weighted by Gasteiger charge is 2.15. The highest BCUT2D eigenvalue weighted by atomic mass is 32.2. The van der Waals surface area contributed by atoms with Crippen molar-refractivity contribution in [1.82, 2.24) is 19.7 Å². The van der Waals surface area contributed by atoms with E-state index in [4.69, 9.17) is 0 Å². The summed E-state index contributed by atoms with van der Waals surface area (Å²) < 4.78 is 2.15. The number of thioether (sulfide) groups is 1. The number of rotatable bonds is 6. The molecule has 0 atom stereocenters. The first kappa shape index (κ1) is 17.5. The summed E-state index contributed by atoms with van der Waals surface area (Å²) in [4.78, 5) is 4.40. The Bertz CT molecular complexity index is 996. The number of aryl methyl sites for hydroxylation is 1. The van der Waals surface area contributed by atoms with Crippen LogP contribution in [-0.2, 0) is 12.2 Å². The van der Waals surface area contributed by atoms with Gasteiger partial charge in [-0.2, -0.15) is 0 Å². The first-order valence-corrected chi connectivity index (χ1v) is 9.86. The van der Waals surface area contributed by atoms with E-state index in [1.54, 1.807) is 11.8 Å². The average Bonchev–Trinajstić information content (AvgIpc) is 3.11. The van der Waals surface area contributed by atoms with Crippen LogP contribution in [0.25, 0.3) is 5.69 Å². The largest absolute Gasteiger partial charge is 0.274 e. The standard InChI is InChI=1S/C22H20N4S/c1-17-10-12-20(13-11-17)26-21(15-18-7-3-2-4-8-18)24-25-22(26)27-16-19-9-5-6-14-23-19/h2-14H,15-16H2,1H3. The van der Waals surface area contributed by atoms with Gasteiger partial charge in [0.05, 0.1) is 5.69 Å². The third-order valence-electron chi connectivity index (χ3n) is 4.27. The van der Waals surface area contributed by atoms with Gasteiger partial charge in [0.15, 0.2) is 5.16 Å². The second-order valence-corrected chi connectivity index (χ2v) is 7.28. The van der Waals surface area contributed by atoms with Gasteiger partial charge in [-0.25, -0.2) is 0 Å². The highest BCUT2D eigenvalue weighted by Crippen LogP contribution is 2.26. The molecule has 0 fully saturated rings. The second kappa shape index (κ2) is 8.18. The molecule has 0 saturated heterocycles.